The number of amides is 1. The zero-order valence-corrected chi connectivity index (χ0v) is 13.4. The summed E-state index contributed by atoms with van der Waals surface area (Å²) in [6.07, 6.45) is -0.285. The molecule has 0 saturated heterocycles. The molecule has 1 atom stereocenters. The molecule has 0 fully saturated rings. The van der Waals surface area contributed by atoms with Crippen molar-refractivity contribution in [3.05, 3.63) is 60.0 Å². The fourth-order valence-corrected chi connectivity index (χ4v) is 2.09. The summed E-state index contributed by atoms with van der Waals surface area (Å²) in [7, 11) is 0. The Balaban J connectivity index is 1.72. The van der Waals surface area contributed by atoms with Gasteiger partial charge >= 0.3 is 6.18 Å². The Hall–Kier alpha value is -3.30. The molecule has 0 aliphatic heterocycles. The molecule has 3 rings (SSSR count). The highest BCUT2D eigenvalue weighted by molar-refractivity contribution is 5.92. The number of alkyl halides is 3. The average molecular weight is 363 g/mol. The lowest BCUT2D eigenvalue weighted by Gasteiger charge is -2.08. The van der Waals surface area contributed by atoms with Crippen LogP contribution in [0.1, 0.15) is 34.9 Å². The van der Waals surface area contributed by atoms with E-state index in [2.05, 4.69) is 25.4 Å². The van der Waals surface area contributed by atoms with Gasteiger partial charge in [0, 0.05) is 18.0 Å². The molecule has 2 heterocycles. The van der Waals surface area contributed by atoms with Crippen molar-refractivity contribution >= 4 is 5.91 Å². The first kappa shape index (κ1) is 17.5. The molecule has 3 aromatic rings. The third-order valence-electron chi connectivity index (χ3n) is 3.43. The standard InChI is InChI=1S/C16H12F3N5O2/c1-9(22-14(25)12-8-20-6-7-21-12)15-23-13(24-26-15)10-2-4-11(5-3-10)16(17,18)19/h2-9H,1H3,(H,22,25)/t9-/m0/s1. The van der Waals surface area contributed by atoms with E-state index >= 15 is 0 Å². The lowest BCUT2D eigenvalue weighted by atomic mass is 10.1. The summed E-state index contributed by atoms with van der Waals surface area (Å²) in [6, 6.07) is 3.75. The Morgan fingerprint density at radius 2 is 1.92 bits per heavy atom. The molecule has 0 aliphatic rings. The fraction of sp³-hybridized carbons (Fsp3) is 0.188. The van der Waals surface area contributed by atoms with E-state index in [0.29, 0.717) is 5.56 Å². The van der Waals surface area contributed by atoms with Gasteiger partial charge in [-0.25, -0.2) is 4.98 Å². The Labute approximate surface area is 145 Å². The highest BCUT2D eigenvalue weighted by Gasteiger charge is 2.30. The molecule has 0 spiro atoms. The van der Waals surface area contributed by atoms with E-state index in [1.165, 1.54) is 30.7 Å². The van der Waals surface area contributed by atoms with Crippen LogP contribution in [-0.4, -0.2) is 26.0 Å². The molecule has 134 valence electrons. The minimum atomic E-state index is -4.42. The maximum Gasteiger partial charge on any atom is 0.416 e. The SMILES string of the molecule is C[C@H](NC(=O)c1cnccn1)c1nc(-c2ccc(C(F)(F)F)cc2)no1. The molecule has 10 heteroatoms. The highest BCUT2D eigenvalue weighted by atomic mass is 19.4. The van der Waals surface area contributed by atoms with Crippen molar-refractivity contribution in [1.82, 2.24) is 25.4 Å². The van der Waals surface area contributed by atoms with E-state index in [9.17, 15) is 18.0 Å². The summed E-state index contributed by atoms with van der Waals surface area (Å²) in [4.78, 5) is 23.8. The van der Waals surface area contributed by atoms with Gasteiger partial charge in [-0.15, -0.1) is 0 Å². The first-order valence-electron chi connectivity index (χ1n) is 7.42. The molecule has 0 radical (unpaired) electrons. The van der Waals surface area contributed by atoms with Crippen LogP contribution in [0.25, 0.3) is 11.4 Å². The number of carbonyl (C=O) groups excluding carboxylic acids is 1. The number of hydrogen-bond donors (Lipinski definition) is 1. The summed E-state index contributed by atoms with van der Waals surface area (Å²) in [5.74, 6) is -0.244. The van der Waals surface area contributed by atoms with Gasteiger partial charge in [-0.1, -0.05) is 17.3 Å². The van der Waals surface area contributed by atoms with Crippen molar-refractivity contribution in [1.29, 1.82) is 0 Å². The van der Waals surface area contributed by atoms with Crippen molar-refractivity contribution < 1.29 is 22.5 Å². The van der Waals surface area contributed by atoms with Crippen molar-refractivity contribution in [2.45, 2.75) is 19.1 Å². The second-order valence-electron chi connectivity index (χ2n) is 5.32. The van der Waals surface area contributed by atoms with Crippen LogP contribution >= 0.6 is 0 Å². The smallest absolute Gasteiger partial charge is 0.339 e. The highest BCUT2D eigenvalue weighted by Crippen LogP contribution is 2.30. The van der Waals surface area contributed by atoms with E-state index in [1.807, 2.05) is 0 Å². The van der Waals surface area contributed by atoms with Crippen molar-refractivity contribution in [3.8, 4) is 11.4 Å². The van der Waals surface area contributed by atoms with E-state index in [0.717, 1.165) is 12.1 Å². The van der Waals surface area contributed by atoms with Gasteiger partial charge in [-0.05, 0) is 19.1 Å². The third kappa shape index (κ3) is 3.85. The molecule has 0 saturated carbocycles. The molecule has 0 aliphatic carbocycles. The Kier molecular flexibility index (Phi) is 4.65. The first-order chi connectivity index (χ1) is 12.3. The fourth-order valence-electron chi connectivity index (χ4n) is 2.09. The van der Waals surface area contributed by atoms with Gasteiger partial charge in [0.1, 0.15) is 11.7 Å². The quantitative estimate of drug-likeness (QED) is 0.766. The number of benzene rings is 1. The van der Waals surface area contributed by atoms with Gasteiger partial charge in [0.25, 0.3) is 5.91 Å². The average Bonchev–Trinajstić information content (AvgIpc) is 3.12. The van der Waals surface area contributed by atoms with E-state index < -0.39 is 23.7 Å². The number of rotatable bonds is 4. The van der Waals surface area contributed by atoms with Crippen molar-refractivity contribution in [2.24, 2.45) is 0 Å². The summed E-state index contributed by atoms with van der Waals surface area (Å²) in [6.45, 7) is 1.62. The zero-order valence-electron chi connectivity index (χ0n) is 13.4. The second-order valence-corrected chi connectivity index (χ2v) is 5.32. The van der Waals surface area contributed by atoms with Crippen LogP contribution in [0.5, 0.6) is 0 Å². The van der Waals surface area contributed by atoms with Crippen molar-refractivity contribution in [3.63, 3.8) is 0 Å². The van der Waals surface area contributed by atoms with Crippen LogP contribution in [0, 0.1) is 0 Å². The summed E-state index contributed by atoms with van der Waals surface area (Å²) in [5, 5.41) is 6.35. The number of hydrogen-bond acceptors (Lipinski definition) is 6. The normalized spacial score (nSPS) is 12.6. The lowest BCUT2D eigenvalue weighted by Crippen LogP contribution is -2.27. The number of aromatic nitrogens is 4. The molecule has 1 amide bonds. The minimum Gasteiger partial charge on any atom is -0.339 e. The predicted octanol–water partition coefficient (Wildman–Crippen LogP) is 3.04. The predicted molar refractivity (Wildman–Crippen MR) is 82.6 cm³/mol. The van der Waals surface area contributed by atoms with Crippen LogP contribution in [0.4, 0.5) is 13.2 Å². The number of carbonyl (C=O) groups is 1. The van der Waals surface area contributed by atoms with Crippen molar-refractivity contribution in [2.75, 3.05) is 0 Å². The monoisotopic (exact) mass is 363 g/mol. The van der Waals surface area contributed by atoms with Gasteiger partial charge in [0.15, 0.2) is 0 Å². The van der Waals surface area contributed by atoms with Crippen LogP contribution in [0.15, 0.2) is 47.4 Å². The van der Waals surface area contributed by atoms with E-state index in [4.69, 9.17) is 4.52 Å². The Morgan fingerprint density at radius 1 is 1.19 bits per heavy atom. The first-order valence-corrected chi connectivity index (χ1v) is 7.42. The van der Waals surface area contributed by atoms with E-state index in [-0.39, 0.29) is 17.4 Å². The zero-order chi connectivity index (χ0) is 18.7. The van der Waals surface area contributed by atoms with Crippen LogP contribution < -0.4 is 5.32 Å². The molecule has 7 nitrogen and oxygen atoms in total. The maximum absolute atomic E-state index is 12.6. The van der Waals surface area contributed by atoms with Crippen LogP contribution in [0.2, 0.25) is 0 Å². The molecule has 0 bridgehead atoms. The molecule has 1 N–H and O–H groups in total. The Bertz CT molecular complexity index is 894. The molecular weight excluding hydrogens is 351 g/mol. The molecule has 0 unspecified atom stereocenters. The topological polar surface area (TPSA) is 93.8 Å². The Morgan fingerprint density at radius 3 is 2.54 bits per heavy atom. The number of nitrogens with zero attached hydrogens (tertiary/aromatic N) is 4. The maximum atomic E-state index is 12.6. The summed E-state index contributed by atoms with van der Waals surface area (Å²) in [5.41, 5.74) is -0.281. The van der Waals surface area contributed by atoms with Crippen LogP contribution in [0.3, 0.4) is 0 Å². The molecule has 2 aromatic heterocycles. The van der Waals surface area contributed by atoms with Gasteiger partial charge in [0.2, 0.25) is 11.7 Å². The molecule has 26 heavy (non-hydrogen) atoms. The van der Waals surface area contributed by atoms with E-state index in [1.54, 1.807) is 6.92 Å². The lowest BCUT2D eigenvalue weighted by molar-refractivity contribution is -0.137. The van der Waals surface area contributed by atoms with Gasteiger partial charge in [-0.2, -0.15) is 18.2 Å². The molecule has 1 aromatic carbocycles. The van der Waals surface area contributed by atoms with Crippen LogP contribution in [-0.2, 0) is 6.18 Å². The summed E-state index contributed by atoms with van der Waals surface area (Å²) >= 11 is 0. The largest absolute Gasteiger partial charge is 0.416 e. The molecular formula is C16H12F3N5O2. The third-order valence-corrected chi connectivity index (χ3v) is 3.43. The second kappa shape index (κ2) is 6.90. The summed E-state index contributed by atoms with van der Waals surface area (Å²) < 4.78 is 42.9. The van der Waals surface area contributed by atoms with Gasteiger partial charge in [-0.3, -0.25) is 9.78 Å². The van der Waals surface area contributed by atoms with Gasteiger partial charge in [0.05, 0.1) is 11.8 Å². The minimum absolute atomic E-state index is 0.108. The van der Waals surface area contributed by atoms with Gasteiger partial charge < -0.3 is 9.84 Å². The number of nitrogens with one attached hydrogen (secondary N) is 1. The number of halogens is 3.